The van der Waals surface area contributed by atoms with Crippen LogP contribution in [0.2, 0.25) is 0 Å². The molecule has 9 heavy (non-hydrogen) atoms. The second kappa shape index (κ2) is 3.00. The third-order valence-corrected chi connectivity index (χ3v) is 0.755. The van der Waals surface area contributed by atoms with Crippen LogP contribution in [0.15, 0.2) is 0 Å². The van der Waals surface area contributed by atoms with E-state index in [0.717, 1.165) is 0 Å². The van der Waals surface area contributed by atoms with Crippen LogP contribution in [0.1, 0.15) is 6.42 Å². The molecule has 0 aromatic heterocycles. The van der Waals surface area contributed by atoms with Crippen LogP contribution in [0.4, 0.5) is 17.6 Å². The number of rotatable bonds is 3. The van der Waals surface area contributed by atoms with Crippen molar-refractivity contribution in [3.63, 3.8) is 0 Å². The smallest absolute Gasteiger partial charge is 0.236 e. The van der Waals surface area contributed by atoms with E-state index in [2.05, 4.69) is 0 Å². The van der Waals surface area contributed by atoms with Crippen molar-refractivity contribution >= 4 is 0 Å². The van der Waals surface area contributed by atoms with Crippen molar-refractivity contribution in [3.05, 3.63) is 0 Å². The van der Waals surface area contributed by atoms with Crippen molar-refractivity contribution < 1.29 is 22.7 Å². The Kier molecular flexibility index (Phi) is 2.90. The zero-order valence-electron chi connectivity index (χ0n) is 4.41. The van der Waals surface area contributed by atoms with E-state index in [1.807, 2.05) is 0 Å². The highest BCUT2D eigenvalue weighted by Crippen LogP contribution is 2.25. The monoisotopic (exact) mass is 145 g/mol. The minimum absolute atomic E-state index is 1.17. The maximum Gasteiger partial charge on any atom is 0.309 e. The molecule has 0 aliphatic heterocycles. The molecule has 0 amide bonds. The molecule has 0 aromatic carbocycles. The third kappa shape index (κ3) is 2.64. The summed E-state index contributed by atoms with van der Waals surface area (Å²) in [4.78, 5) is 0. The zero-order chi connectivity index (χ0) is 7.49. The van der Waals surface area contributed by atoms with Crippen LogP contribution >= 0.6 is 0 Å². The van der Waals surface area contributed by atoms with E-state index in [0.29, 0.717) is 0 Å². The average molecular weight is 145 g/mol. The van der Waals surface area contributed by atoms with Crippen LogP contribution in [0.5, 0.6) is 0 Å². The molecule has 0 aromatic rings. The topological polar surface area (TPSA) is 19.9 Å². The highest BCUT2D eigenvalue weighted by Gasteiger charge is 2.39. The highest BCUT2D eigenvalue weighted by molar-refractivity contribution is 4.67. The lowest BCUT2D eigenvalue weighted by molar-refractivity contribution is -0.141. The summed E-state index contributed by atoms with van der Waals surface area (Å²) in [6.07, 6.45) is -5.00. The summed E-state index contributed by atoms with van der Waals surface area (Å²) in [6, 6.07) is 0. The van der Waals surface area contributed by atoms with Gasteiger partial charge in [-0.3, -0.25) is 0 Å². The zero-order valence-corrected chi connectivity index (χ0v) is 4.41. The SMILES string of the molecule is [O]CCC(F)(F)C(F)F. The molecule has 0 aliphatic carbocycles. The first kappa shape index (κ1) is 8.68. The predicted octanol–water partition coefficient (Wildman–Crippen LogP) is 1.71. The molecular formula is C4H5F4O. The molecule has 0 unspecified atom stereocenters. The van der Waals surface area contributed by atoms with Crippen molar-refractivity contribution in [2.75, 3.05) is 6.61 Å². The Morgan fingerprint density at radius 2 is 1.78 bits per heavy atom. The first-order chi connectivity index (χ1) is 4.00. The second-order valence-corrected chi connectivity index (χ2v) is 1.52. The molecule has 0 heterocycles. The van der Waals surface area contributed by atoms with Crippen molar-refractivity contribution in [1.29, 1.82) is 0 Å². The fraction of sp³-hybridized carbons (Fsp3) is 1.00. The lowest BCUT2D eigenvalue weighted by atomic mass is 10.2. The average Bonchev–Trinajstić information content (AvgIpc) is 1.65. The van der Waals surface area contributed by atoms with Crippen LogP contribution in [0.25, 0.3) is 0 Å². The van der Waals surface area contributed by atoms with Gasteiger partial charge >= 0.3 is 12.3 Å². The van der Waals surface area contributed by atoms with Gasteiger partial charge in [-0.1, -0.05) is 0 Å². The Balaban J connectivity index is 3.70. The molecule has 55 valence electrons. The first-order valence-corrected chi connectivity index (χ1v) is 2.25. The molecule has 1 radical (unpaired) electrons. The van der Waals surface area contributed by atoms with Crippen LogP contribution in [0, 0.1) is 0 Å². The summed E-state index contributed by atoms with van der Waals surface area (Å²) >= 11 is 0. The molecule has 1 nitrogen and oxygen atoms in total. The fourth-order valence-corrected chi connectivity index (χ4v) is 0.245. The minimum Gasteiger partial charge on any atom is -0.236 e. The van der Waals surface area contributed by atoms with Crippen molar-refractivity contribution in [2.24, 2.45) is 0 Å². The van der Waals surface area contributed by atoms with Crippen LogP contribution in [0.3, 0.4) is 0 Å². The molecule has 0 rings (SSSR count). The molecule has 0 bridgehead atoms. The van der Waals surface area contributed by atoms with E-state index < -0.39 is 25.4 Å². The number of alkyl halides is 4. The normalized spacial score (nSPS) is 12.7. The molecule has 0 N–H and O–H groups in total. The largest absolute Gasteiger partial charge is 0.309 e. The maximum atomic E-state index is 11.6. The summed E-state index contributed by atoms with van der Waals surface area (Å²) in [5, 5.41) is 9.44. The Labute approximate surface area is 49.3 Å². The van der Waals surface area contributed by atoms with Gasteiger partial charge in [0.15, 0.2) is 0 Å². The van der Waals surface area contributed by atoms with Gasteiger partial charge in [0.1, 0.15) is 0 Å². The van der Waals surface area contributed by atoms with Crippen LogP contribution < -0.4 is 0 Å². The Morgan fingerprint density at radius 3 is 1.89 bits per heavy atom. The fourth-order valence-electron chi connectivity index (χ4n) is 0.245. The quantitative estimate of drug-likeness (QED) is 0.538. The van der Waals surface area contributed by atoms with Crippen molar-refractivity contribution in [3.8, 4) is 0 Å². The summed E-state index contributed by atoms with van der Waals surface area (Å²) in [6.45, 7) is -1.17. The summed E-state index contributed by atoms with van der Waals surface area (Å²) in [5.41, 5.74) is 0. The van der Waals surface area contributed by atoms with Gasteiger partial charge < -0.3 is 0 Å². The first-order valence-electron chi connectivity index (χ1n) is 2.25. The molecule has 0 saturated heterocycles. The number of hydrogen-bond donors (Lipinski definition) is 0. The van der Waals surface area contributed by atoms with E-state index in [9.17, 15) is 22.7 Å². The third-order valence-electron chi connectivity index (χ3n) is 0.755. The molecule has 0 spiro atoms. The van der Waals surface area contributed by atoms with Gasteiger partial charge in [-0.2, -0.15) is 0 Å². The Morgan fingerprint density at radius 1 is 1.33 bits per heavy atom. The summed E-state index contributed by atoms with van der Waals surface area (Å²) in [7, 11) is 0. The van der Waals surface area contributed by atoms with Gasteiger partial charge in [0, 0.05) is 6.42 Å². The van der Waals surface area contributed by atoms with Gasteiger partial charge in [0.2, 0.25) is 0 Å². The molecule has 0 fully saturated rings. The second-order valence-electron chi connectivity index (χ2n) is 1.52. The van der Waals surface area contributed by atoms with Gasteiger partial charge in [-0.25, -0.2) is 22.7 Å². The van der Waals surface area contributed by atoms with Gasteiger partial charge in [0.25, 0.3) is 0 Å². The van der Waals surface area contributed by atoms with Crippen molar-refractivity contribution in [1.82, 2.24) is 0 Å². The number of halogens is 4. The standard InChI is InChI=1S/C4H5F4O/c5-3(6)4(7,8)1-2-9/h3H,1-2H2. The van der Waals surface area contributed by atoms with Crippen LogP contribution in [-0.2, 0) is 5.11 Å². The predicted molar refractivity (Wildman–Crippen MR) is 21.1 cm³/mol. The summed E-state index contributed by atoms with van der Waals surface area (Å²) in [5.74, 6) is -4.10. The highest BCUT2D eigenvalue weighted by atomic mass is 19.3. The minimum atomic E-state index is -4.10. The van der Waals surface area contributed by atoms with E-state index in [-0.39, 0.29) is 0 Å². The number of hydrogen-bond acceptors (Lipinski definition) is 0. The summed E-state index contributed by atoms with van der Waals surface area (Å²) < 4.78 is 45.4. The Hall–Kier alpha value is -0.320. The van der Waals surface area contributed by atoms with Gasteiger partial charge in [0.05, 0.1) is 6.61 Å². The van der Waals surface area contributed by atoms with Gasteiger partial charge in [-0.15, -0.1) is 0 Å². The van der Waals surface area contributed by atoms with E-state index in [1.54, 1.807) is 0 Å². The lowest BCUT2D eigenvalue weighted by Crippen LogP contribution is -2.27. The molecule has 0 atom stereocenters. The molecular weight excluding hydrogens is 140 g/mol. The van der Waals surface area contributed by atoms with Gasteiger partial charge in [-0.05, 0) is 0 Å². The van der Waals surface area contributed by atoms with E-state index in [4.69, 9.17) is 0 Å². The molecule has 5 heteroatoms. The maximum absolute atomic E-state index is 11.6. The van der Waals surface area contributed by atoms with E-state index >= 15 is 0 Å². The van der Waals surface area contributed by atoms with Crippen LogP contribution in [-0.4, -0.2) is 19.0 Å². The Bertz CT molecular complexity index is 82.6. The lowest BCUT2D eigenvalue weighted by Gasteiger charge is -2.11. The van der Waals surface area contributed by atoms with E-state index in [1.165, 1.54) is 0 Å². The van der Waals surface area contributed by atoms with Crippen molar-refractivity contribution in [2.45, 2.75) is 18.8 Å². The molecule has 0 saturated carbocycles. The molecule has 0 aliphatic rings.